The molecule has 108 valence electrons. The summed E-state index contributed by atoms with van der Waals surface area (Å²) >= 11 is 0. The summed E-state index contributed by atoms with van der Waals surface area (Å²) in [5.74, 6) is 6.62. The normalized spacial score (nSPS) is 10.6. The van der Waals surface area contributed by atoms with Gasteiger partial charge in [-0.15, -0.1) is 0 Å². The SMILES string of the molecule is Cc1cc(C)n(CCCNc2cc(NN)nc(N)n2)n1. The summed E-state index contributed by atoms with van der Waals surface area (Å²) in [6.45, 7) is 5.67. The second kappa shape index (κ2) is 6.20. The van der Waals surface area contributed by atoms with Gasteiger partial charge in [0.05, 0.1) is 5.69 Å². The molecule has 2 aromatic rings. The van der Waals surface area contributed by atoms with Gasteiger partial charge in [0.25, 0.3) is 0 Å². The molecular weight excluding hydrogens is 256 g/mol. The summed E-state index contributed by atoms with van der Waals surface area (Å²) in [6, 6.07) is 3.78. The lowest BCUT2D eigenvalue weighted by Gasteiger charge is -2.08. The van der Waals surface area contributed by atoms with Crippen molar-refractivity contribution in [2.75, 3.05) is 23.0 Å². The van der Waals surface area contributed by atoms with Gasteiger partial charge in [-0.3, -0.25) is 4.68 Å². The maximum atomic E-state index is 5.58. The molecular formula is C12H20N8. The Bertz CT molecular complexity index is 577. The van der Waals surface area contributed by atoms with Crippen LogP contribution < -0.4 is 22.3 Å². The van der Waals surface area contributed by atoms with Crippen LogP contribution in [0.15, 0.2) is 12.1 Å². The minimum atomic E-state index is 0.182. The van der Waals surface area contributed by atoms with Crippen molar-refractivity contribution >= 4 is 17.6 Å². The number of aromatic nitrogens is 4. The summed E-state index contributed by atoms with van der Waals surface area (Å²) in [7, 11) is 0. The predicted octanol–water partition coefficient (Wildman–Crippen LogP) is 0.660. The fraction of sp³-hybridized carbons (Fsp3) is 0.417. The number of nitrogens with one attached hydrogen (secondary N) is 2. The number of hydrogen-bond acceptors (Lipinski definition) is 7. The Balaban J connectivity index is 1.84. The molecule has 0 unspecified atom stereocenters. The van der Waals surface area contributed by atoms with Gasteiger partial charge in [0.15, 0.2) is 0 Å². The predicted molar refractivity (Wildman–Crippen MR) is 79.1 cm³/mol. The van der Waals surface area contributed by atoms with Crippen molar-refractivity contribution in [3.8, 4) is 0 Å². The molecule has 0 aromatic carbocycles. The average Bonchev–Trinajstić information content (AvgIpc) is 2.72. The molecule has 20 heavy (non-hydrogen) atoms. The van der Waals surface area contributed by atoms with E-state index in [2.05, 4.69) is 38.8 Å². The largest absolute Gasteiger partial charge is 0.370 e. The first-order valence-electron chi connectivity index (χ1n) is 6.44. The van der Waals surface area contributed by atoms with E-state index in [1.54, 1.807) is 6.07 Å². The molecule has 0 spiro atoms. The number of aryl methyl sites for hydroxylation is 3. The first kappa shape index (κ1) is 14.1. The van der Waals surface area contributed by atoms with Gasteiger partial charge in [-0.1, -0.05) is 0 Å². The van der Waals surface area contributed by atoms with E-state index < -0.39 is 0 Å². The lowest BCUT2D eigenvalue weighted by atomic mass is 10.4. The Labute approximate surface area is 117 Å². The average molecular weight is 276 g/mol. The smallest absolute Gasteiger partial charge is 0.223 e. The van der Waals surface area contributed by atoms with Crippen molar-refractivity contribution in [1.29, 1.82) is 0 Å². The van der Waals surface area contributed by atoms with Crippen LogP contribution in [-0.2, 0) is 6.54 Å². The minimum absolute atomic E-state index is 0.182. The van der Waals surface area contributed by atoms with E-state index in [9.17, 15) is 0 Å². The van der Waals surface area contributed by atoms with Crippen molar-refractivity contribution in [3.63, 3.8) is 0 Å². The van der Waals surface area contributed by atoms with E-state index in [0.29, 0.717) is 11.6 Å². The molecule has 2 heterocycles. The van der Waals surface area contributed by atoms with Crippen LogP contribution in [0.2, 0.25) is 0 Å². The molecule has 0 aliphatic carbocycles. The number of nitrogen functional groups attached to an aromatic ring is 2. The molecule has 0 bridgehead atoms. The minimum Gasteiger partial charge on any atom is -0.370 e. The Morgan fingerprint density at radius 1 is 1.20 bits per heavy atom. The maximum Gasteiger partial charge on any atom is 0.223 e. The number of rotatable bonds is 6. The first-order chi connectivity index (χ1) is 9.58. The lowest BCUT2D eigenvalue weighted by Crippen LogP contribution is -2.13. The zero-order chi connectivity index (χ0) is 14.5. The van der Waals surface area contributed by atoms with Crippen LogP contribution in [0.3, 0.4) is 0 Å². The molecule has 0 saturated carbocycles. The maximum absolute atomic E-state index is 5.58. The second-order valence-electron chi connectivity index (χ2n) is 4.57. The molecule has 6 N–H and O–H groups in total. The number of nitrogens with two attached hydrogens (primary N) is 2. The molecule has 0 radical (unpaired) electrons. The van der Waals surface area contributed by atoms with Gasteiger partial charge in [0.2, 0.25) is 5.95 Å². The summed E-state index contributed by atoms with van der Waals surface area (Å²) in [5.41, 5.74) is 10.2. The number of nitrogens with zero attached hydrogens (tertiary/aromatic N) is 4. The van der Waals surface area contributed by atoms with Crippen LogP contribution in [0.4, 0.5) is 17.6 Å². The van der Waals surface area contributed by atoms with Crippen LogP contribution in [0.25, 0.3) is 0 Å². The van der Waals surface area contributed by atoms with Crippen molar-refractivity contribution in [2.45, 2.75) is 26.8 Å². The van der Waals surface area contributed by atoms with Gasteiger partial charge in [-0.2, -0.15) is 15.1 Å². The van der Waals surface area contributed by atoms with E-state index in [-0.39, 0.29) is 5.95 Å². The molecule has 0 atom stereocenters. The van der Waals surface area contributed by atoms with Gasteiger partial charge in [0, 0.05) is 24.8 Å². The van der Waals surface area contributed by atoms with Crippen molar-refractivity contribution < 1.29 is 0 Å². The quantitative estimate of drug-likeness (QED) is 0.347. The van der Waals surface area contributed by atoms with Crippen LogP contribution in [0.5, 0.6) is 0 Å². The highest BCUT2D eigenvalue weighted by atomic mass is 15.3. The van der Waals surface area contributed by atoms with Crippen molar-refractivity contribution in [1.82, 2.24) is 19.7 Å². The highest BCUT2D eigenvalue weighted by molar-refractivity contribution is 5.50. The Kier molecular flexibility index (Phi) is 4.36. The molecule has 2 aromatic heterocycles. The molecule has 2 rings (SSSR count). The third-order valence-electron chi connectivity index (χ3n) is 2.85. The number of hydrazine groups is 1. The van der Waals surface area contributed by atoms with E-state index in [1.165, 1.54) is 5.69 Å². The van der Waals surface area contributed by atoms with Crippen molar-refractivity contribution in [2.24, 2.45) is 5.84 Å². The van der Waals surface area contributed by atoms with Gasteiger partial charge in [-0.25, -0.2) is 5.84 Å². The fourth-order valence-corrected chi connectivity index (χ4v) is 1.98. The summed E-state index contributed by atoms with van der Waals surface area (Å²) in [5, 5.41) is 7.60. The van der Waals surface area contributed by atoms with E-state index in [0.717, 1.165) is 25.2 Å². The van der Waals surface area contributed by atoms with E-state index in [4.69, 9.17) is 11.6 Å². The molecule has 8 heteroatoms. The highest BCUT2D eigenvalue weighted by Gasteiger charge is 2.02. The Hall–Kier alpha value is -2.35. The molecule has 0 amide bonds. The first-order valence-corrected chi connectivity index (χ1v) is 6.44. The fourth-order valence-electron chi connectivity index (χ4n) is 1.98. The Morgan fingerprint density at radius 2 is 1.95 bits per heavy atom. The summed E-state index contributed by atoms with van der Waals surface area (Å²) in [4.78, 5) is 8.00. The number of hydrogen-bond donors (Lipinski definition) is 4. The van der Waals surface area contributed by atoms with E-state index in [1.807, 2.05) is 11.6 Å². The lowest BCUT2D eigenvalue weighted by molar-refractivity contribution is 0.573. The molecule has 0 fully saturated rings. The van der Waals surface area contributed by atoms with Gasteiger partial charge >= 0.3 is 0 Å². The zero-order valence-electron chi connectivity index (χ0n) is 11.7. The topological polar surface area (TPSA) is 120 Å². The summed E-state index contributed by atoms with van der Waals surface area (Å²) in [6.07, 6.45) is 0.928. The molecule has 8 nitrogen and oxygen atoms in total. The van der Waals surface area contributed by atoms with Crippen LogP contribution in [0.1, 0.15) is 17.8 Å². The molecule has 0 saturated heterocycles. The monoisotopic (exact) mass is 276 g/mol. The van der Waals surface area contributed by atoms with Crippen LogP contribution >= 0.6 is 0 Å². The van der Waals surface area contributed by atoms with Gasteiger partial charge < -0.3 is 16.5 Å². The standard InChI is InChI=1S/C12H20N8/c1-8-6-9(2)20(19-8)5-3-4-15-10-7-11(18-14)17-12(13)16-10/h6-7H,3-5,14H2,1-2H3,(H4,13,15,16,17,18). The van der Waals surface area contributed by atoms with Crippen molar-refractivity contribution in [3.05, 3.63) is 23.5 Å². The third-order valence-corrected chi connectivity index (χ3v) is 2.85. The van der Waals surface area contributed by atoms with E-state index >= 15 is 0 Å². The zero-order valence-corrected chi connectivity index (χ0v) is 11.7. The molecule has 0 aliphatic heterocycles. The van der Waals surface area contributed by atoms with Gasteiger partial charge in [-0.05, 0) is 26.3 Å². The van der Waals surface area contributed by atoms with Crippen LogP contribution in [0, 0.1) is 13.8 Å². The van der Waals surface area contributed by atoms with Crippen LogP contribution in [-0.4, -0.2) is 26.3 Å². The Morgan fingerprint density at radius 3 is 2.60 bits per heavy atom. The molecule has 0 aliphatic rings. The highest BCUT2D eigenvalue weighted by Crippen LogP contribution is 2.11. The van der Waals surface area contributed by atoms with Gasteiger partial charge in [0.1, 0.15) is 11.6 Å². The summed E-state index contributed by atoms with van der Waals surface area (Å²) < 4.78 is 2.00. The third kappa shape index (κ3) is 3.58. The second-order valence-corrected chi connectivity index (χ2v) is 4.57. The number of anilines is 3.